The number of carbonyl (C=O) groups excluding carboxylic acids is 1. The number of Topliss-reactive ketones (excluding diaryl/α,β-unsaturated/α-hetero) is 1. The van der Waals surface area contributed by atoms with Crippen LogP contribution in [0, 0.1) is 5.92 Å². The minimum Gasteiger partial charge on any atom is -0.460 e. The molecule has 1 saturated heterocycles. The van der Waals surface area contributed by atoms with E-state index in [-0.39, 0.29) is 22.7 Å². The number of ketones is 1. The molecule has 0 N–H and O–H groups in total. The summed E-state index contributed by atoms with van der Waals surface area (Å²) in [6.07, 6.45) is 2.05. The number of rotatable bonds is 2. The molecule has 3 heteroatoms. The highest BCUT2D eigenvalue weighted by Crippen LogP contribution is 2.33. The first-order valence-corrected chi connectivity index (χ1v) is 9.39. The Labute approximate surface area is 151 Å². The minimum atomic E-state index is -0.0623. The monoisotopic (exact) mass is 341 g/mol. The average molecular weight is 341 g/mol. The molecule has 1 aliphatic heterocycles. The van der Waals surface area contributed by atoms with Crippen molar-refractivity contribution in [1.29, 1.82) is 0 Å². The van der Waals surface area contributed by atoms with Crippen LogP contribution in [0.15, 0.2) is 28.7 Å². The Morgan fingerprint density at radius 2 is 1.88 bits per heavy atom. The Balaban J connectivity index is 1.93. The third-order valence-corrected chi connectivity index (χ3v) is 5.29. The van der Waals surface area contributed by atoms with E-state index in [0.29, 0.717) is 0 Å². The smallest absolute Gasteiger partial charge is 0.170 e. The van der Waals surface area contributed by atoms with E-state index in [1.165, 1.54) is 0 Å². The molecule has 25 heavy (non-hydrogen) atoms. The van der Waals surface area contributed by atoms with Gasteiger partial charge in [0.1, 0.15) is 11.3 Å². The highest BCUT2D eigenvalue weighted by atomic mass is 16.3. The van der Waals surface area contributed by atoms with Gasteiger partial charge in [0.25, 0.3) is 0 Å². The van der Waals surface area contributed by atoms with Gasteiger partial charge in [-0.2, -0.15) is 0 Å². The predicted molar refractivity (Wildman–Crippen MR) is 103 cm³/mol. The number of likely N-dealkylation sites (tertiary alicyclic amines) is 1. The molecule has 3 nitrogen and oxygen atoms in total. The molecule has 2 aromatic rings. The number of hydrogen-bond donors (Lipinski definition) is 0. The number of piperidine rings is 1. The lowest BCUT2D eigenvalue weighted by Gasteiger charge is -2.41. The van der Waals surface area contributed by atoms with Gasteiger partial charge in [-0.3, -0.25) is 9.69 Å². The number of benzene rings is 1. The van der Waals surface area contributed by atoms with E-state index < -0.39 is 0 Å². The maximum Gasteiger partial charge on any atom is 0.170 e. The Morgan fingerprint density at radius 1 is 1.16 bits per heavy atom. The van der Waals surface area contributed by atoms with Crippen LogP contribution >= 0.6 is 0 Å². The van der Waals surface area contributed by atoms with E-state index in [1.54, 1.807) is 0 Å². The zero-order valence-electron chi connectivity index (χ0n) is 16.5. The molecule has 0 radical (unpaired) electrons. The summed E-state index contributed by atoms with van der Waals surface area (Å²) in [6, 6.07) is 8.01. The number of fused-ring (bicyclic) bond motifs is 1. The maximum absolute atomic E-state index is 13.3. The SMILES string of the molecule is CC(C)(C)c1cc2cccc(C(=O)C3CCCN(C(C)(C)C)C3)c2o1. The quantitative estimate of drug-likeness (QED) is 0.684. The largest absolute Gasteiger partial charge is 0.460 e. The van der Waals surface area contributed by atoms with Crippen molar-refractivity contribution in [2.45, 2.75) is 65.3 Å². The Kier molecular flexibility index (Phi) is 4.57. The van der Waals surface area contributed by atoms with Crippen LogP contribution in [-0.2, 0) is 5.41 Å². The topological polar surface area (TPSA) is 33.5 Å². The molecule has 0 amide bonds. The van der Waals surface area contributed by atoms with Crippen molar-refractivity contribution < 1.29 is 9.21 Å². The molecule has 1 aliphatic rings. The molecule has 0 saturated carbocycles. The van der Waals surface area contributed by atoms with Crippen LogP contribution in [0.3, 0.4) is 0 Å². The van der Waals surface area contributed by atoms with Gasteiger partial charge in [-0.15, -0.1) is 0 Å². The van der Waals surface area contributed by atoms with Crippen molar-refractivity contribution in [3.8, 4) is 0 Å². The summed E-state index contributed by atoms with van der Waals surface area (Å²) in [6.45, 7) is 15.0. The molecule has 2 heterocycles. The highest BCUT2D eigenvalue weighted by molar-refractivity contribution is 6.07. The molecule has 3 rings (SSSR count). The zero-order valence-corrected chi connectivity index (χ0v) is 16.5. The summed E-state index contributed by atoms with van der Waals surface area (Å²) in [5.41, 5.74) is 1.54. The second-order valence-corrected chi connectivity index (χ2v) is 9.40. The van der Waals surface area contributed by atoms with Crippen molar-refractivity contribution in [1.82, 2.24) is 4.90 Å². The Hall–Kier alpha value is -1.61. The van der Waals surface area contributed by atoms with Crippen molar-refractivity contribution in [3.05, 3.63) is 35.6 Å². The Morgan fingerprint density at radius 3 is 2.52 bits per heavy atom. The fourth-order valence-corrected chi connectivity index (χ4v) is 3.65. The first kappa shape index (κ1) is 18.2. The van der Waals surface area contributed by atoms with Crippen molar-refractivity contribution in [3.63, 3.8) is 0 Å². The van der Waals surface area contributed by atoms with Crippen molar-refractivity contribution >= 4 is 16.8 Å². The van der Waals surface area contributed by atoms with Gasteiger partial charge in [-0.05, 0) is 52.3 Å². The van der Waals surface area contributed by atoms with Crippen molar-refractivity contribution in [2.24, 2.45) is 5.92 Å². The third kappa shape index (κ3) is 3.67. The Bertz CT molecular complexity index is 773. The van der Waals surface area contributed by atoms with Gasteiger partial charge in [-0.25, -0.2) is 0 Å². The lowest BCUT2D eigenvalue weighted by atomic mass is 9.87. The van der Waals surface area contributed by atoms with Gasteiger partial charge >= 0.3 is 0 Å². The number of hydrogen-bond acceptors (Lipinski definition) is 3. The number of furan rings is 1. The van der Waals surface area contributed by atoms with Crippen molar-refractivity contribution in [2.75, 3.05) is 13.1 Å². The van der Waals surface area contributed by atoms with Crippen LogP contribution in [0.5, 0.6) is 0 Å². The van der Waals surface area contributed by atoms with E-state index in [9.17, 15) is 4.79 Å². The van der Waals surface area contributed by atoms with E-state index in [0.717, 1.165) is 48.2 Å². The summed E-state index contributed by atoms with van der Waals surface area (Å²) in [7, 11) is 0. The molecular weight excluding hydrogens is 310 g/mol. The maximum atomic E-state index is 13.3. The number of para-hydroxylation sites is 1. The second-order valence-electron chi connectivity index (χ2n) is 9.40. The minimum absolute atomic E-state index is 0.0572. The van der Waals surface area contributed by atoms with Gasteiger partial charge in [0.15, 0.2) is 5.78 Å². The normalized spacial score (nSPS) is 20.2. The lowest BCUT2D eigenvalue weighted by Crippen LogP contribution is -2.48. The van der Waals surface area contributed by atoms with E-state index >= 15 is 0 Å². The summed E-state index contributed by atoms with van der Waals surface area (Å²) in [5, 5.41) is 1.03. The van der Waals surface area contributed by atoms with Gasteiger partial charge in [0.2, 0.25) is 0 Å². The lowest BCUT2D eigenvalue weighted by molar-refractivity contribution is 0.0617. The van der Waals surface area contributed by atoms with E-state index in [4.69, 9.17) is 4.42 Å². The van der Waals surface area contributed by atoms with Crippen LogP contribution in [0.4, 0.5) is 0 Å². The summed E-state index contributed by atoms with van der Waals surface area (Å²) in [4.78, 5) is 15.7. The summed E-state index contributed by atoms with van der Waals surface area (Å²) in [5.74, 6) is 1.22. The van der Waals surface area contributed by atoms with Gasteiger partial charge < -0.3 is 4.42 Å². The number of carbonyl (C=O) groups is 1. The third-order valence-electron chi connectivity index (χ3n) is 5.29. The van der Waals surface area contributed by atoms with Crippen LogP contribution in [-0.4, -0.2) is 29.3 Å². The van der Waals surface area contributed by atoms with Gasteiger partial charge in [0, 0.05) is 28.8 Å². The molecular formula is C22H31NO2. The fourth-order valence-electron chi connectivity index (χ4n) is 3.65. The number of nitrogens with zero attached hydrogens (tertiary/aromatic N) is 1. The average Bonchev–Trinajstić information content (AvgIpc) is 2.98. The molecule has 0 bridgehead atoms. The van der Waals surface area contributed by atoms with Crippen LogP contribution in [0.25, 0.3) is 11.0 Å². The molecule has 0 spiro atoms. The van der Waals surface area contributed by atoms with Gasteiger partial charge in [-0.1, -0.05) is 32.9 Å². The zero-order chi connectivity index (χ0) is 18.4. The molecule has 1 unspecified atom stereocenters. The van der Waals surface area contributed by atoms with Gasteiger partial charge in [0.05, 0.1) is 5.56 Å². The molecule has 1 aromatic carbocycles. The van der Waals surface area contributed by atoms with Crippen LogP contribution < -0.4 is 0 Å². The fraction of sp³-hybridized carbons (Fsp3) is 0.591. The molecule has 1 aromatic heterocycles. The summed E-state index contributed by atoms with van der Waals surface area (Å²) >= 11 is 0. The van der Waals surface area contributed by atoms with E-state index in [2.05, 4.69) is 52.5 Å². The first-order chi connectivity index (χ1) is 11.6. The van der Waals surface area contributed by atoms with E-state index in [1.807, 2.05) is 18.2 Å². The second kappa shape index (κ2) is 6.28. The van der Waals surface area contributed by atoms with Crippen LogP contribution in [0.2, 0.25) is 0 Å². The first-order valence-electron chi connectivity index (χ1n) is 9.39. The molecule has 136 valence electrons. The standard InChI is InChI=1S/C22H31NO2/c1-21(2,3)18-13-15-9-7-11-17(20(15)25-18)19(24)16-10-8-12-23(14-16)22(4,5)6/h7,9,11,13,16H,8,10,12,14H2,1-6H3. The van der Waals surface area contributed by atoms with Crippen LogP contribution in [0.1, 0.15) is 70.5 Å². The predicted octanol–water partition coefficient (Wildman–Crippen LogP) is 5.42. The highest BCUT2D eigenvalue weighted by Gasteiger charge is 2.33. The summed E-state index contributed by atoms with van der Waals surface area (Å²) < 4.78 is 6.14. The molecule has 1 atom stereocenters. The molecule has 1 fully saturated rings. The molecule has 0 aliphatic carbocycles.